The molecule has 0 radical (unpaired) electrons. The predicted octanol–water partition coefficient (Wildman–Crippen LogP) is 3.27. The fourth-order valence-electron chi connectivity index (χ4n) is 0.860. The Kier molecular flexibility index (Phi) is 3.24. The Morgan fingerprint density at radius 1 is 1.55 bits per heavy atom. The quantitative estimate of drug-likeness (QED) is 0.488. The summed E-state index contributed by atoms with van der Waals surface area (Å²) in [6, 6.07) is 8.51. The van der Waals surface area contributed by atoms with Gasteiger partial charge >= 0.3 is 0 Å². The molecule has 0 aliphatic carbocycles. The van der Waals surface area contributed by atoms with Crippen molar-refractivity contribution in [2.24, 2.45) is 0 Å². The largest absolute Gasteiger partial charge is 0.122 e. The van der Waals surface area contributed by atoms with Crippen molar-refractivity contribution in [2.75, 3.05) is 5.75 Å². The van der Waals surface area contributed by atoms with E-state index in [1.165, 1.54) is 10.5 Å². The first kappa shape index (κ1) is 8.41. The molecular weight excluding hydrogens is 152 g/mol. The molecule has 11 heavy (non-hydrogen) atoms. The molecule has 0 nitrogen and oxygen atoms in total. The molecule has 1 heteroatoms. The van der Waals surface area contributed by atoms with Gasteiger partial charge in [-0.2, -0.15) is 0 Å². The minimum absolute atomic E-state index is 0.990. The summed E-state index contributed by atoms with van der Waals surface area (Å²) >= 11 is 1.82. The van der Waals surface area contributed by atoms with Crippen LogP contribution in [0.25, 0.3) is 0 Å². The second kappa shape index (κ2) is 4.24. The van der Waals surface area contributed by atoms with Crippen molar-refractivity contribution in [3.05, 3.63) is 42.5 Å². The number of rotatable bonds is 3. The SMILES string of the molecule is C=CCSc1cccc(C)c1. The van der Waals surface area contributed by atoms with Crippen molar-refractivity contribution in [2.45, 2.75) is 11.8 Å². The number of hydrogen-bond donors (Lipinski definition) is 0. The average Bonchev–Trinajstić information content (AvgIpc) is 2.01. The summed E-state index contributed by atoms with van der Waals surface area (Å²) in [7, 11) is 0. The summed E-state index contributed by atoms with van der Waals surface area (Å²) in [5.41, 5.74) is 1.32. The zero-order chi connectivity index (χ0) is 8.10. The van der Waals surface area contributed by atoms with Crippen LogP contribution >= 0.6 is 11.8 Å². The van der Waals surface area contributed by atoms with Gasteiger partial charge in [0.05, 0.1) is 0 Å². The second-order valence-electron chi connectivity index (χ2n) is 2.42. The van der Waals surface area contributed by atoms with Crippen LogP contribution in [0.4, 0.5) is 0 Å². The highest BCUT2D eigenvalue weighted by atomic mass is 32.2. The Morgan fingerprint density at radius 2 is 2.36 bits per heavy atom. The summed E-state index contributed by atoms with van der Waals surface area (Å²) in [4.78, 5) is 1.32. The third kappa shape index (κ3) is 2.81. The van der Waals surface area contributed by atoms with Gasteiger partial charge in [-0.15, -0.1) is 18.3 Å². The molecule has 0 aliphatic rings. The van der Waals surface area contributed by atoms with Crippen LogP contribution in [0.15, 0.2) is 41.8 Å². The molecule has 0 spiro atoms. The standard InChI is InChI=1S/C10H12S/c1-3-7-11-10-6-4-5-9(2)8-10/h3-6,8H,1,7H2,2H3. The third-order valence-corrected chi connectivity index (χ3v) is 2.35. The second-order valence-corrected chi connectivity index (χ2v) is 3.51. The molecule has 0 unspecified atom stereocenters. The molecule has 0 aliphatic heterocycles. The average molecular weight is 164 g/mol. The molecular formula is C10H12S. The van der Waals surface area contributed by atoms with E-state index in [4.69, 9.17) is 0 Å². The van der Waals surface area contributed by atoms with Gasteiger partial charge in [0.25, 0.3) is 0 Å². The highest BCUT2D eigenvalue weighted by molar-refractivity contribution is 7.99. The van der Waals surface area contributed by atoms with Crippen LogP contribution in [0.2, 0.25) is 0 Å². The lowest BCUT2D eigenvalue weighted by atomic mass is 10.2. The first-order valence-electron chi connectivity index (χ1n) is 3.63. The van der Waals surface area contributed by atoms with Gasteiger partial charge in [-0.3, -0.25) is 0 Å². The summed E-state index contributed by atoms with van der Waals surface area (Å²) in [6.45, 7) is 5.79. The van der Waals surface area contributed by atoms with Crippen LogP contribution < -0.4 is 0 Å². The zero-order valence-electron chi connectivity index (χ0n) is 6.71. The molecule has 0 fully saturated rings. The van der Waals surface area contributed by atoms with Crippen LogP contribution in [0, 0.1) is 6.92 Å². The lowest BCUT2D eigenvalue weighted by Gasteiger charge is -1.98. The topological polar surface area (TPSA) is 0 Å². The highest BCUT2D eigenvalue weighted by Gasteiger charge is 1.90. The smallest absolute Gasteiger partial charge is 0.0158 e. The van der Waals surface area contributed by atoms with E-state index in [9.17, 15) is 0 Å². The first-order chi connectivity index (χ1) is 5.33. The molecule has 0 aromatic heterocycles. The maximum Gasteiger partial charge on any atom is 0.0158 e. The summed E-state index contributed by atoms with van der Waals surface area (Å²) in [5.74, 6) is 0.990. The fraction of sp³-hybridized carbons (Fsp3) is 0.200. The molecule has 0 saturated carbocycles. The molecule has 1 rings (SSSR count). The van der Waals surface area contributed by atoms with E-state index >= 15 is 0 Å². The summed E-state index contributed by atoms with van der Waals surface area (Å²) in [6.07, 6.45) is 1.92. The van der Waals surface area contributed by atoms with Crippen molar-refractivity contribution in [3.63, 3.8) is 0 Å². The minimum Gasteiger partial charge on any atom is -0.122 e. The van der Waals surface area contributed by atoms with Gasteiger partial charge in [0.1, 0.15) is 0 Å². The molecule has 0 atom stereocenters. The third-order valence-electron chi connectivity index (χ3n) is 1.36. The predicted molar refractivity (Wildman–Crippen MR) is 52.1 cm³/mol. The molecule has 0 N–H and O–H groups in total. The number of benzene rings is 1. The normalized spacial score (nSPS) is 9.55. The van der Waals surface area contributed by atoms with E-state index < -0.39 is 0 Å². The Bertz CT molecular complexity index is 240. The number of aryl methyl sites for hydroxylation is 1. The van der Waals surface area contributed by atoms with Crippen LogP contribution in [0.1, 0.15) is 5.56 Å². The molecule has 0 saturated heterocycles. The van der Waals surface area contributed by atoms with Crippen LogP contribution in [-0.2, 0) is 0 Å². The zero-order valence-corrected chi connectivity index (χ0v) is 7.53. The molecule has 1 aromatic rings. The van der Waals surface area contributed by atoms with Crippen LogP contribution in [-0.4, -0.2) is 5.75 Å². The lowest BCUT2D eigenvalue weighted by Crippen LogP contribution is -1.75. The van der Waals surface area contributed by atoms with Gasteiger partial charge in [0.2, 0.25) is 0 Å². The lowest BCUT2D eigenvalue weighted by molar-refractivity contribution is 1.36. The molecule has 0 bridgehead atoms. The van der Waals surface area contributed by atoms with Gasteiger partial charge in [0.15, 0.2) is 0 Å². The Labute approximate surface area is 72.3 Å². The fourth-order valence-corrected chi connectivity index (χ4v) is 1.61. The molecule has 0 amide bonds. The number of thioether (sulfide) groups is 1. The van der Waals surface area contributed by atoms with E-state index in [-0.39, 0.29) is 0 Å². The molecule has 0 heterocycles. The van der Waals surface area contributed by atoms with E-state index in [0.717, 1.165) is 5.75 Å². The number of hydrogen-bond acceptors (Lipinski definition) is 1. The minimum atomic E-state index is 0.990. The summed E-state index contributed by atoms with van der Waals surface area (Å²) < 4.78 is 0. The van der Waals surface area contributed by atoms with E-state index in [1.807, 2.05) is 17.8 Å². The molecule has 58 valence electrons. The van der Waals surface area contributed by atoms with Crippen molar-refractivity contribution in [3.8, 4) is 0 Å². The van der Waals surface area contributed by atoms with Gasteiger partial charge in [0, 0.05) is 10.6 Å². The van der Waals surface area contributed by atoms with Crippen molar-refractivity contribution >= 4 is 11.8 Å². The van der Waals surface area contributed by atoms with Crippen molar-refractivity contribution in [1.29, 1.82) is 0 Å². The first-order valence-corrected chi connectivity index (χ1v) is 4.62. The van der Waals surface area contributed by atoms with Crippen molar-refractivity contribution in [1.82, 2.24) is 0 Å². The van der Waals surface area contributed by atoms with Gasteiger partial charge in [-0.05, 0) is 19.1 Å². The van der Waals surface area contributed by atoms with Gasteiger partial charge in [-0.1, -0.05) is 23.8 Å². The summed E-state index contributed by atoms with van der Waals surface area (Å²) in [5, 5.41) is 0. The Balaban J connectivity index is 2.63. The monoisotopic (exact) mass is 164 g/mol. The van der Waals surface area contributed by atoms with Crippen LogP contribution in [0.5, 0.6) is 0 Å². The van der Waals surface area contributed by atoms with Gasteiger partial charge in [-0.25, -0.2) is 0 Å². The van der Waals surface area contributed by atoms with E-state index in [2.05, 4.69) is 37.8 Å². The van der Waals surface area contributed by atoms with Crippen LogP contribution in [0.3, 0.4) is 0 Å². The highest BCUT2D eigenvalue weighted by Crippen LogP contribution is 2.18. The van der Waals surface area contributed by atoms with Crippen molar-refractivity contribution < 1.29 is 0 Å². The maximum atomic E-state index is 3.68. The Hall–Kier alpha value is -0.690. The Morgan fingerprint density at radius 3 is 3.00 bits per heavy atom. The van der Waals surface area contributed by atoms with Gasteiger partial charge < -0.3 is 0 Å². The van der Waals surface area contributed by atoms with E-state index in [0.29, 0.717) is 0 Å². The van der Waals surface area contributed by atoms with E-state index in [1.54, 1.807) is 0 Å². The maximum absolute atomic E-state index is 3.68. The molecule has 1 aromatic carbocycles.